The van der Waals surface area contributed by atoms with E-state index in [4.69, 9.17) is 19.4 Å². The van der Waals surface area contributed by atoms with Crippen LogP contribution in [-0.4, -0.2) is 15.0 Å². The van der Waals surface area contributed by atoms with E-state index < -0.39 is 0 Å². The van der Waals surface area contributed by atoms with Gasteiger partial charge in [0.2, 0.25) is 0 Å². The van der Waals surface area contributed by atoms with E-state index in [9.17, 15) is 0 Å². The first-order valence-electron chi connectivity index (χ1n) is 19.3. The van der Waals surface area contributed by atoms with E-state index >= 15 is 0 Å². The second-order valence-corrected chi connectivity index (χ2v) is 15.9. The van der Waals surface area contributed by atoms with Crippen molar-refractivity contribution in [1.29, 1.82) is 0 Å². The van der Waals surface area contributed by atoms with Crippen molar-refractivity contribution in [2.45, 2.75) is 37.5 Å². The molecule has 5 aliphatic carbocycles. The summed E-state index contributed by atoms with van der Waals surface area (Å²) < 4.78 is 6.75. The van der Waals surface area contributed by atoms with Gasteiger partial charge in [0.15, 0.2) is 17.5 Å². The van der Waals surface area contributed by atoms with Crippen molar-refractivity contribution in [2.24, 2.45) is 23.7 Å². The highest BCUT2D eigenvalue weighted by Crippen LogP contribution is 2.71. The van der Waals surface area contributed by atoms with Crippen molar-refractivity contribution in [3.05, 3.63) is 151 Å². The maximum absolute atomic E-state index is 6.75. The lowest BCUT2D eigenvalue weighted by Gasteiger charge is -2.61. The average molecular weight is 684 g/mol. The molecule has 1 spiro atoms. The Morgan fingerprint density at radius 2 is 0.887 bits per heavy atom. The van der Waals surface area contributed by atoms with Crippen molar-refractivity contribution in [3.8, 4) is 56.4 Å². The van der Waals surface area contributed by atoms with Crippen LogP contribution in [0.15, 0.2) is 144 Å². The molecule has 4 bridgehead atoms. The van der Waals surface area contributed by atoms with Crippen LogP contribution in [0, 0.1) is 23.7 Å². The van der Waals surface area contributed by atoms with Crippen molar-refractivity contribution in [2.75, 3.05) is 0 Å². The standard InChI is InChI=1S/C49H37N3O/c1-3-12-31(13-4-1)46-50-47(32-14-5-2-6-15-32)52-48(51-46)41-22-10-18-37-36-17-9-19-38(40-21-11-20-39-35-16-7-8-23-42(35)53-45(39)40)43(36)49(44(37)41)33-25-29-24-30(27-33)28-34(49)26-29/h1-23,29-30,33-34H,24-28H2. The molecule has 13 rings (SSSR count). The number of aromatic nitrogens is 3. The first-order chi connectivity index (χ1) is 26.2. The molecule has 0 aliphatic heterocycles. The number of benzene rings is 6. The Kier molecular flexibility index (Phi) is 6.20. The Morgan fingerprint density at radius 3 is 1.53 bits per heavy atom. The van der Waals surface area contributed by atoms with Gasteiger partial charge < -0.3 is 4.42 Å². The first-order valence-corrected chi connectivity index (χ1v) is 19.3. The maximum Gasteiger partial charge on any atom is 0.164 e. The zero-order chi connectivity index (χ0) is 34.7. The van der Waals surface area contributed by atoms with Gasteiger partial charge in [-0.25, -0.2) is 15.0 Å². The first kappa shape index (κ1) is 29.7. The van der Waals surface area contributed by atoms with E-state index in [-0.39, 0.29) is 5.41 Å². The summed E-state index contributed by atoms with van der Waals surface area (Å²) >= 11 is 0. The van der Waals surface area contributed by atoms with Crippen molar-refractivity contribution < 1.29 is 4.42 Å². The van der Waals surface area contributed by atoms with Crippen LogP contribution in [0.3, 0.4) is 0 Å². The van der Waals surface area contributed by atoms with E-state index in [1.54, 1.807) is 0 Å². The normalized spacial score (nSPS) is 23.5. The molecule has 6 aromatic carbocycles. The summed E-state index contributed by atoms with van der Waals surface area (Å²) in [5, 5.41) is 2.35. The molecule has 2 heterocycles. The largest absolute Gasteiger partial charge is 0.455 e. The van der Waals surface area contributed by atoms with Crippen LogP contribution in [0.1, 0.15) is 43.2 Å². The van der Waals surface area contributed by atoms with E-state index in [0.29, 0.717) is 23.5 Å². The van der Waals surface area contributed by atoms with Gasteiger partial charge >= 0.3 is 0 Å². The lowest BCUT2D eigenvalue weighted by atomic mass is 9.42. The van der Waals surface area contributed by atoms with Gasteiger partial charge in [0.25, 0.3) is 0 Å². The zero-order valence-electron chi connectivity index (χ0n) is 29.4. The molecule has 0 saturated heterocycles. The van der Waals surface area contributed by atoms with Crippen molar-refractivity contribution >= 4 is 21.9 Å². The zero-order valence-corrected chi connectivity index (χ0v) is 29.4. The molecule has 0 N–H and O–H groups in total. The predicted molar refractivity (Wildman–Crippen MR) is 212 cm³/mol. The summed E-state index contributed by atoms with van der Waals surface area (Å²) in [5.41, 5.74) is 13.1. The Balaban J connectivity index is 1.15. The summed E-state index contributed by atoms with van der Waals surface area (Å²) in [4.78, 5) is 15.8. The molecule has 0 radical (unpaired) electrons. The molecule has 4 saturated carbocycles. The fraction of sp³-hybridized carbons (Fsp3) is 0.204. The van der Waals surface area contributed by atoms with Gasteiger partial charge in [0.1, 0.15) is 11.2 Å². The predicted octanol–water partition coefficient (Wildman–Crippen LogP) is 12.2. The lowest BCUT2D eigenvalue weighted by Crippen LogP contribution is -2.55. The number of furan rings is 1. The summed E-state index contributed by atoms with van der Waals surface area (Å²) in [7, 11) is 0. The van der Waals surface area contributed by atoms with Crippen molar-refractivity contribution in [3.63, 3.8) is 0 Å². The summed E-state index contributed by atoms with van der Waals surface area (Å²) in [6.07, 6.45) is 6.53. The van der Waals surface area contributed by atoms with Crippen LogP contribution in [0.25, 0.3) is 78.4 Å². The highest BCUT2D eigenvalue weighted by molar-refractivity contribution is 6.10. The third kappa shape index (κ3) is 4.15. The van der Waals surface area contributed by atoms with Crippen LogP contribution in [0.2, 0.25) is 0 Å². The van der Waals surface area contributed by atoms with Crippen LogP contribution in [-0.2, 0) is 5.41 Å². The fourth-order valence-corrected chi connectivity index (χ4v) is 11.6. The molecule has 4 fully saturated rings. The number of rotatable bonds is 4. The average Bonchev–Trinajstić information content (AvgIpc) is 3.75. The summed E-state index contributed by atoms with van der Waals surface area (Å²) in [6.45, 7) is 0. The third-order valence-electron chi connectivity index (χ3n) is 13.3. The van der Waals surface area contributed by atoms with E-state index in [1.165, 1.54) is 76.3 Å². The molecule has 0 atom stereocenters. The quantitative estimate of drug-likeness (QED) is 0.185. The van der Waals surface area contributed by atoms with Gasteiger partial charge in [-0.3, -0.25) is 0 Å². The van der Waals surface area contributed by atoms with Gasteiger partial charge in [-0.2, -0.15) is 0 Å². The van der Waals surface area contributed by atoms with Gasteiger partial charge in [-0.1, -0.05) is 133 Å². The SMILES string of the molecule is c1ccc(-c2nc(-c3ccccc3)nc(-c3cccc4c3C3(c5c-4cccc5-c4cccc5c4oc4ccccc45)C4CC5CC(C4)CC3C5)n2)cc1. The van der Waals surface area contributed by atoms with Crippen LogP contribution in [0.5, 0.6) is 0 Å². The molecular formula is C49H37N3O. The second-order valence-electron chi connectivity index (χ2n) is 15.9. The van der Waals surface area contributed by atoms with Crippen molar-refractivity contribution in [1.82, 2.24) is 15.0 Å². The fourth-order valence-electron chi connectivity index (χ4n) is 11.6. The van der Waals surface area contributed by atoms with E-state index in [1.807, 2.05) is 12.1 Å². The smallest absolute Gasteiger partial charge is 0.164 e. The third-order valence-corrected chi connectivity index (χ3v) is 13.3. The Labute approximate surface area is 308 Å². The molecule has 4 nitrogen and oxygen atoms in total. The highest BCUT2D eigenvalue weighted by Gasteiger charge is 2.63. The number of hydrogen-bond donors (Lipinski definition) is 0. The molecule has 8 aromatic rings. The van der Waals surface area contributed by atoms with Gasteiger partial charge in [0.05, 0.1) is 0 Å². The van der Waals surface area contributed by atoms with Crippen LogP contribution in [0.4, 0.5) is 0 Å². The van der Waals surface area contributed by atoms with Gasteiger partial charge in [-0.15, -0.1) is 0 Å². The topological polar surface area (TPSA) is 51.8 Å². The van der Waals surface area contributed by atoms with E-state index in [0.717, 1.165) is 45.5 Å². The summed E-state index contributed by atoms with van der Waals surface area (Å²) in [5.74, 6) is 4.93. The highest BCUT2D eigenvalue weighted by atomic mass is 16.3. The summed E-state index contributed by atoms with van der Waals surface area (Å²) in [6, 6.07) is 49.9. The molecule has 4 heteroatoms. The maximum atomic E-state index is 6.75. The van der Waals surface area contributed by atoms with Gasteiger partial charge in [-0.05, 0) is 89.7 Å². The minimum atomic E-state index is -0.147. The molecule has 254 valence electrons. The van der Waals surface area contributed by atoms with Crippen LogP contribution < -0.4 is 0 Å². The molecular weight excluding hydrogens is 647 g/mol. The molecule has 53 heavy (non-hydrogen) atoms. The number of hydrogen-bond acceptors (Lipinski definition) is 4. The Hall–Kier alpha value is -5.87. The number of para-hydroxylation sites is 2. The number of nitrogens with zero attached hydrogens (tertiary/aromatic N) is 3. The Bertz CT molecular complexity index is 2660. The van der Waals surface area contributed by atoms with E-state index in [2.05, 4.69) is 127 Å². The lowest BCUT2D eigenvalue weighted by molar-refractivity contribution is -0.0395. The minimum absolute atomic E-state index is 0.147. The minimum Gasteiger partial charge on any atom is -0.455 e. The molecule has 0 amide bonds. The van der Waals surface area contributed by atoms with Crippen LogP contribution >= 0.6 is 0 Å². The second kappa shape index (κ2) is 11.1. The number of fused-ring (bicyclic) bond motifs is 6. The van der Waals surface area contributed by atoms with Gasteiger partial charge in [0, 0.05) is 38.4 Å². The monoisotopic (exact) mass is 683 g/mol. The molecule has 0 unspecified atom stereocenters. The Morgan fingerprint density at radius 1 is 0.415 bits per heavy atom. The molecule has 5 aliphatic rings. The molecule has 2 aromatic heterocycles.